The third-order valence-corrected chi connectivity index (χ3v) is 5.13. The van der Waals surface area contributed by atoms with Gasteiger partial charge < -0.3 is 19.1 Å². The number of nitrogens with one attached hydrogen (secondary N) is 2. The molecule has 0 radical (unpaired) electrons. The molecule has 2 aliphatic rings. The highest BCUT2D eigenvalue weighted by molar-refractivity contribution is 7.88. The maximum absolute atomic E-state index is 11.6. The number of carbonyl (C=O) groups is 1. The van der Waals surface area contributed by atoms with Crippen LogP contribution in [0.25, 0.3) is 0 Å². The van der Waals surface area contributed by atoms with E-state index in [2.05, 4.69) is 21.6 Å². The molecule has 7 nitrogen and oxygen atoms in total. The molecule has 0 saturated heterocycles. The monoisotopic (exact) mass is 346 g/mol. The normalized spacial score (nSPS) is 28.9. The lowest BCUT2D eigenvalue weighted by Gasteiger charge is -2.11. The maximum atomic E-state index is 11.6. The molecule has 0 spiro atoms. The zero-order chi connectivity index (χ0) is 16.5. The van der Waals surface area contributed by atoms with Crippen LogP contribution in [0, 0.1) is 17.8 Å². The molecule has 0 aromatic rings. The van der Waals surface area contributed by atoms with Crippen molar-refractivity contribution in [2.45, 2.75) is 25.7 Å². The number of ether oxygens (including phenoxy) is 2. The second-order valence-electron chi connectivity index (χ2n) is 5.82. The zero-order valence-corrected chi connectivity index (χ0v) is 14.1. The van der Waals surface area contributed by atoms with Crippen molar-refractivity contribution in [3.05, 3.63) is 12.2 Å². The number of carbonyl (C=O) groups excluding carboxylic acids is 1. The van der Waals surface area contributed by atoms with Crippen LogP contribution in [0.4, 0.5) is 4.79 Å². The molecule has 23 heavy (non-hydrogen) atoms. The first-order valence-corrected chi connectivity index (χ1v) is 9.29. The van der Waals surface area contributed by atoms with E-state index in [-0.39, 0.29) is 13.2 Å². The second kappa shape index (κ2) is 10.1. The molecule has 1 unspecified atom stereocenters. The van der Waals surface area contributed by atoms with Crippen LogP contribution in [0.3, 0.4) is 0 Å². The van der Waals surface area contributed by atoms with E-state index in [4.69, 9.17) is 14.6 Å². The number of aliphatic hydroxyl groups is 1. The van der Waals surface area contributed by atoms with Crippen LogP contribution in [-0.2, 0) is 21.0 Å². The van der Waals surface area contributed by atoms with Crippen molar-refractivity contribution in [2.24, 2.45) is 17.8 Å². The largest absolute Gasteiger partial charge is 0.573 e. The van der Waals surface area contributed by atoms with Crippen LogP contribution < -0.4 is 9.44 Å². The van der Waals surface area contributed by atoms with Crippen LogP contribution in [-0.4, -0.2) is 48.7 Å². The summed E-state index contributed by atoms with van der Waals surface area (Å²) < 4.78 is 26.6. The molecule has 132 valence electrons. The van der Waals surface area contributed by atoms with Crippen molar-refractivity contribution < 1.29 is 23.9 Å². The quantitative estimate of drug-likeness (QED) is 0.325. The van der Waals surface area contributed by atoms with Gasteiger partial charge in [0.15, 0.2) is 11.5 Å². The Balaban J connectivity index is 1.53. The lowest BCUT2D eigenvalue weighted by molar-refractivity contribution is 0.0960. The van der Waals surface area contributed by atoms with Crippen LogP contribution in [0.1, 0.15) is 25.7 Å². The van der Waals surface area contributed by atoms with E-state index < -0.39 is 17.6 Å². The molecule has 8 heteroatoms. The van der Waals surface area contributed by atoms with Crippen molar-refractivity contribution in [1.82, 2.24) is 9.44 Å². The lowest BCUT2D eigenvalue weighted by atomic mass is 10.1. The molecule has 2 rings (SSSR count). The van der Waals surface area contributed by atoms with Gasteiger partial charge in [-0.1, -0.05) is 12.2 Å². The van der Waals surface area contributed by atoms with Crippen molar-refractivity contribution in [3.63, 3.8) is 0 Å². The minimum atomic E-state index is -1.69. The second-order valence-corrected chi connectivity index (χ2v) is 6.85. The smallest absolute Gasteiger partial charge is 0.450 e. The Bertz CT molecular complexity index is 380. The SMILES string of the molecule is O=C(N[S+]([O-])NCCOCCO)OC[C@@H]1[C@@H]2CC/C=C\CC[C@@H]21. The first kappa shape index (κ1) is 18.5. The molecule has 1 saturated carbocycles. The number of allylic oxidation sites excluding steroid dienone is 2. The van der Waals surface area contributed by atoms with Gasteiger partial charge in [0, 0.05) is 0 Å². The van der Waals surface area contributed by atoms with E-state index in [0.717, 1.165) is 25.7 Å². The summed E-state index contributed by atoms with van der Waals surface area (Å²) >= 11 is -1.69. The summed E-state index contributed by atoms with van der Waals surface area (Å²) in [6.45, 7) is 1.21. The van der Waals surface area contributed by atoms with Crippen molar-refractivity contribution in [3.8, 4) is 0 Å². The van der Waals surface area contributed by atoms with Crippen LogP contribution in [0.5, 0.6) is 0 Å². The first-order chi connectivity index (χ1) is 11.2. The molecule has 0 aromatic carbocycles. The van der Waals surface area contributed by atoms with E-state index in [0.29, 0.717) is 37.5 Å². The summed E-state index contributed by atoms with van der Waals surface area (Å²) in [5, 5.41) is 8.53. The van der Waals surface area contributed by atoms with E-state index in [1.54, 1.807) is 0 Å². The summed E-state index contributed by atoms with van der Waals surface area (Å²) in [5.74, 6) is 1.79. The summed E-state index contributed by atoms with van der Waals surface area (Å²) in [6.07, 6.45) is 8.35. The Hall–Kier alpha value is -0.800. The standard InChI is InChI=1S/C15H26N2O5S/c18-8-10-21-9-7-16-23(20)17-15(19)22-11-14-12-5-3-1-2-4-6-13(12)14/h1-2,12-14,16,18H,3-11H2,(H,17,19)/b2-1-/t12-,13+,14-,23?. The molecule has 0 heterocycles. The maximum Gasteiger partial charge on any atom is 0.450 e. The van der Waals surface area contributed by atoms with Gasteiger partial charge in [0.25, 0.3) is 0 Å². The van der Waals surface area contributed by atoms with E-state index in [1.165, 1.54) is 0 Å². The molecular formula is C15H26N2O5S. The highest BCUT2D eigenvalue weighted by Gasteiger charge is 2.49. The molecule has 0 aliphatic heterocycles. The minimum Gasteiger partial charge on any atom is -0.573 e. The number of amides is 1. The van der Waals surface area contributed by atoms with E-state index >= 15 is 0 Å². The van der Waals surface area contributed by atoms with Gasteiger partial charge in [-0.15, -0.1) is 9.44 Å². The molecule has 3 N–H and O–H groups in total. The fourth-order valence-electron chi connectivity index (χ4n) is 3.13. The third kappa shape index (κ3) is 6.68. The highest BCUT2D eigenvalue weighted by atomic mass is 32.2. The molecule has 0 bridgehead atoms. The Kier molecular flexibility index (Phi) is 8.18. The third-order valence-electron chi connectivity index (χ3n) is 4.31. The van der Waals surface area contributed by atoms with Gasteiger partial charge in [-0.3, -0.25) is 0 Å². The predicted octanol–water partition coefficient (Wildman–Crippen LogP) is 0.882. The molecule has 1 amide bonds. The Morgan fingerprint density at radius 3 is 2.61 bits per heavy atom. The molecule has 2 aliphatic carbocycles. The van der Waals surface area contributed by atoms with Crippen LogP contribution in [0.2, 0.25) is 0 Å². The summed E-state index contributed by atoms with van der Waals surface area (Å²) in [6, 6.07) is 0. The molecular weight excluding hydrogens is 320 g/mol. The molecule has 1 fully saturated rings. The van der Waals surface area contributed by atoms with Crippen LogP contribution >= 0.6 is 0 Å². The highest BCUT2D eigenvalue weighted by Crippen LogP contribution is 2.52. The van der Waals surface area contributed by atoms with Crippen LogP contribution in [0.15, 0.2) is 12.2 Å². The number of hydrogen-bond donors (Lipinski definition) is 3. The Morgan fingerprint density at radius 2 is 1.96 bits per heavy atom. The van der Waals surface area contributed by atoms with Crippen molar-refractivity contribution >= 4 is 17.6 Å². The van der Waals surface area contributed by atoms with Gasteiger partial charge in [0.05, 0.1) is 33.0 Å². The predicted molar refractivity (Wildman–Crippen MR) is 86.6 cm³/mol. The van der Waals surface area contributed by atoms with Gasteiger partial charge in [0.2, 0.25) is 0 Å². The minimum absolute atomic E-state index is 0.0487. The average Bonchev–Trinajstić information content (AvgIpc) is 3.14. The fourth-order valence-corrected chi connectivity index (χ4v) is 3.68. The number of fused-ring (bicyclic) bond motifs is 1. The number of hydrogen-bond acceptors (Lipinski definition) is 6. The Morgan fingerprint density at radius 1 is 1.26 bits per heavy atom. The average molecular weight is 346 g/mol. The van der Waals surface area contributed by atoms with Gasteiger partial charge in [-0.05, 0) is 43.4 Å². The van der Waals surface area contributed by atoms with Crippen molar-refractivity contribution in [2.75, 3.05) is 33.0 Å². The van der Waals surface area contributed by atoms with Gasteiger partial charge >= 0.3 is 6.09 Å². The summed E-state index contributed by atoms with van der Waals surface area (Å²) in [7, 11) is 0. The topological polar surface area (TPSA) is 103 Å². The Labute approximate surface area is 140 Å². The van der Waals surface area contributed by atoms with E-state index in [1.807, 2.05) is 0 Å². The molecule has 4 atom stereocenters. The zero-order valence-electron chi connectivity index (χ0n) is 13.2. The fraction of sp³-hybridized carbons (Fsp3) is 0.800. The number of aliphatic hydroxyl groups excluding tert-OH is 1. The van der Waals surface area contributed by atoms with E-state index in [9.17, 15) is 9.35 Å². The van der Waals surface area contributed by atoms with Gasteiger partial charge in [-0.25, -0.2) is 4.79 Å². The first-order valence-electron chi connectivity index (χ1n) is 8.14. The summed E-state index contributed by atoms with van der Waals surface area (Å²) in [4.78, 5) is 11.6. The van der Waals surface area contributed by atoms with Gasteiger partial charge in [0.1, 0.15) is 0 Å². The lowest BCUT2D eigenvalue weighted by Crippen LogP contribution is -2.42. The van der Waals surface area contributed by atoms with Gasteiger partial charge in [-0.2, -0.15) is 0 Å². The van der Waals surface area contributed by atoms with Crippen molar-refractivity contribution in [1.29, 1.82) is 0 Å². The number of rotatable bonds is 9. The summed E-state index contributed by atoms with van der Waals surface area (Å²) in [5.41, 5.74) is 0. The molecule has 0 aromatic heterocycles.